The highest BCUT2D eigenvalue weighted by Crippen LogP contribution is 2.24. The van der Waals surface area contributed by atoms with E-state index >= 15 is 0 Å². The third-order valence-corrected chi connectivity index (χ3v) is 4.45. The zero-order chi connectivity index (χ0) is 11.5. The summed E-state index contributed by atoms with van der Waals surface area (Å²) >= 11 is 2.07. The lowest BCUT2D eigenvalue weighted by Gasteiger charge is -2.11. The summed E-state index contributed by atoms with van der Waals surface area (Å²) in [6.07, 6.45) is 3.19. The van der Waals surface area contributed by atoms with E-state index in [9.17, 15) is 0 Å². The van der Waals surface area contributed by atoms with E-state index in [1.165, 1.54) is 29.0 Å². The minimum absolute atomic E-state index is 0.838. The molecule has 0 bridgehead atoms. The number of hydrogen-bond donors (Lipinski definition) is 1. The van der Waals surface area contributed by atoms with Gasteiger partial charge in [0, 0.05) is 23.8 Å². The second-order valence-electron chi connectivity index (χ2n) is 4.52. The zero-order valence-electron chi connectivity index (χ0n) is 9.73. The summed E-state index contributed by atoms with van der Waals surface area (Å²) in [5.74, 6) is 3.47. The number of nitrogens with one attached hydrogen (secondary N) is 1. The molecule has 1 fully saturated rings. The Morgan fingerprint density at radius 3 is 3.24 bits per heavy atom. The lowest BCUT2D eigenvalue weighted by atomic mass is 10.1. The molecule has 2 heterocycles. The van der Waals surface area contributed by atoms with Gasteiger partial charge in [-0.25, -0.2) is 0 Å². The molecule has 0 radical (unpaired) electrons. The van der Waals surface area contributed by atoms with Crippen molar-refractivity contribution in [3.05, 3.63) is 36.5 Å². The molecule has 0 spiro atoms. The van der Waals surface area contributed by atoms with Crippen LogP contribution in [-0.2, 0) is 0 Å². The second-order valence-corrected chi connectivity index (χ2v) is 5.67. The van der Waals surface area contributed by atoms with Crippen molar-refractivity contribution >= 4 is 28.4 Å². The summed E-state index contributed by atoms with van der Waals surface area (Å²) in [5, 5.41) is 4.74. The van der Waals surface area contributed by atoms with Crippen molar-refractivity contribution in [2.75, 3.05) is 23.4 Å². The number of nitrogens with zero attached hydrogens (tertiary/aromatic N) is 1. The fourth-order valence-corrected chi connectivity index (χ4v) is 3.48. The molecule has 3 heteroatoms. The van der Waals surface area contributed by atoms with Crippen molar-refractivity contribution in [3.8, 4) is 0 Å². The first kappa shape index (κ1) is 10.9. The van der Waals surface area contributed by atoms with Crippen LogP contribution in [0.4, 0.5) is 5.69 Å². The Morgan fingerprint density at radius 1 is 1.35 bits per heavy atom. The van der Waals surface area contributed by atoms with Crippen LogP contribution in [0.3, 0.4) is 0 Å². The largest absolute Gasteiger partial charge is 0.385 e. The molecule has 2 nitrogen and oxygen atoms in total. The molecule has 2 aromatic rings. The van der Waals surface area contributed by atoms with Crippen LogP contribution in [0.5, 0.6) is 0 Å². The summed E-state index contributed by atoms with van der Waals surface area (Å²) in [6.45, 7) is 1.10. The standard InChI is InChI=1S/C14H16N2S/c1-2-12-8-13(3-4-14(12)15-6-1)16-9-11-5-7-17-10-11/h1-4,6,8,11,16H,5,7,9-10H2. The average Bonchev–Trinajstić information content (AvgIpc) is 2.89. The van der Waals surface area contributed by atoms with Gasteiger partial charge in [0.1, 0.15) is 0 Å². The third kappa shape index (κ3) is 2.55. The van der Waals surface area contributed by atoms with Gasteiger partial charge in [-0.1, -0.05) is 6.07 Å². The molecule has 1 aromatic heterocycles. The Morgan fingerprint density at radius 2 is 2.35 bits per heavy atom. The number of hydrogen-bond acceptors (Lipinski definition) is 3. The molecule has 17 heavy (non-hydrogen) atoms. The Kier molecular flexibility index (Phi) is 3.18. The number of aromatic nitrogens is 1. The number of fused-ring (bicyclic) bond motifs is 1. The maximum absolute atomic E-state index is 4.33. The van der Waals surface area contributed by atoms with Crippen LogP contribution in [0.15, 0.2) is 36.5 Å². The number of rotatable bonds is 3. The molecule has 0 aliphatic carbocycles. The van der Waals surface area contributed by atoms with Crippen LogP contribution >= 0.6 is 11.8 Å². The molecule has 1 saturated heterocycles. The van der Waals surface area contributed by atoms with Gasteiger partial charge >= 0.3 is 0 Å². The maximum atomic E-state index is 4.33. The quantitative estimate of drug-likeness (QED) is 0.895. The molecule has 1 atom stereocenters. The maximum Gasteiger partial charge on any atom is 0.0703 e. The van der Waals surface area contributed by atoms with E-state index in [0.29, 0.717) is 0 Å². The highest BCUT2D eigenvalue weighted by Gasteiger charge is 2.14. The van der Waals surface area contributed by atoms with Crippen molar-refractivity contribution in [1.82, 2.24) is 4.98 Å². The van der Waals surface area contributed by atoms with Crippen molar-refractivity contribution < 1.29 is 0 Å². The number of benzene rings is 1. The van der Waals surface area contributed by atoms with Crippen molar-refractivity contribution in [3.63, 3.8) is 0 Å². The highest BCUT2D eigenvalue weighted by molar-refractivity contribution is 7.99. The predicted molar refractivity (Wildman–Crippen MR) is 75.7 cm³/mol. The van der Waals surface area contributed by atoms with Gasteiger partial charge in [0.15, 0.2) is 0 Å². The summed E-state index contributed by atoms with van der Waals surface area (Å²) in [6, 6.07) is 10.5. The van der Waals surface area contributed by atoms with Crippen molar-refractivity contribution in [2.45, 2.75) is 6.42 Å². The predicted octanol–water partition coefficient (Wildman–Crippen LogP) is 3.40. The Balaban J connectivity index is 1.72. The summed E-state index contributed by atoms with van der Waals surface area (Å²) in [5.41, 5.74) is 2.27. The minimum Gasteiger partial charge on any atom is -0.385 e. The molecule has 3 rings (SSSR count). The van der Waals surface area contributed by atoms with Gasteiger partial charge in [-0.05, 0) is 48.1 Å². The first-order chi connectivity index (χ1) is 8.42. The zero-order valence-corrected chi connectivity index (χ0v) is 10.5. The van der Waals surface area contributed by atoms with E-state index in [1.807, 2.05) is 12.3 Å². The fraction of sp³-hybridized carbons (Fsp3) is 0.357. The van der Waals surface area contributed by atoms with Gasteiger partial charge < -0.3 is 5.32 Å². The van der Waals surface area contributed by atoms with Gasteiger partial charge in [-0.3, -0.25) is 4.98 Å². The highest BCUT2D eigenvalue weighted by atomic mass is 32.2. The van der Waals surface area contributed by atoms with Crippen molar-refractivity contribution in [2.24, 2.45) is 5.92 Å². The van der Waals surface area contributed by atoms with E-state index in [1.54, 1.807) is 0 Å². The topological polar surface area (TPSA) is 24.9 Å². The molecule has 1 aliphatic rings. The summed E-state index contributed by atoms with van der Waals surface area (Å²) in [4.78, 5) is 4.33. The SMILES string of the molecule is c1cnc2ccc(NCC3CCSC3)cc2c1. The lowest BCUT2D eigenvalue weighted by molar-refractivity contribution is 0.632. The molecule has 0 amide bonds. The van der Waals surface area contributed by atoms with Crippen LogP contribution in [0, 0.1) is 5.92 Å². The van der Waals surface area contributed by atoms with Gasteiger partial charge in [0.2, 0.25) is 0 Å². The second kappa shape index (κ2) is 4.96. The smallest absolute Gasteiger partial charge is 0.0703 e. The summed E-state index contributed by atoms with van der Waals surface area (Å²) < 4.78 is 0. The Labute approximate surface area is 106 Å². The first-order valence-corrected chi connectivity index (χ1v) is 7.24. The number of pyridine rings is 1. The lowest BCUT2D eigenvalue weighted by Crippen LogP contribution is -2.13. The van der Waals surface area contributed by atoms with Gasteiger partial charge in [0.05, 0.1) is 5.52 Å². The third-order valence-electron chi connectivity index (χ3n) is 3.22. The molecule has 0 saturated carbocycles. The van der Waals surface area contributed by atoms with Crippen molar-refractivity contribution in [1.29, 1.82) is 0 Å². The normalized spacial score (nSPS) is 19.6. The van der Waals surface area contributed by atoms with Crippen LogP contribution in [0.25, 0.3) is 10.9 Å². The van der Waals surface area contributed by atoms with E-state index in [0.717, 1.165) is 18.0 Å². The molecule has 1 unspecified atom stereocenters. The fourth-order valence-electron chi connectivity index (χ4n) is 2.19. The van der Waals surface area contributed by atoms with Gasteiger partial charge in [0.25, 0.3) is 0 Å². The molecular weight excluding hydrogens is 228 g/mol. The number of anilines is 1. The van der Waals surface area contributed by atoms with Crippen LogP contribution in [-0.4, -0.2) is 23.0 Å². The Bertz CT molecular complexity index is 506. The van der Waals surface area contributed by atoms with E-state index in [2.05, 4.69) is 46.3 Å². The minimum atomic E-state index is 0.838. The monoisotopic (exact) mass is 244 g/mol. The first-order valence-electron chi connectivity index (χ1n) is 6.08. The molecule has 1 aliphatic heterocycles. The van der Waals surface area contributed by atoms with E-state index in [-0.39, 0.29) is 0 Å². The molecule has 1 N–H and O–H groups in total. The average molecular weight is 244 g/mol. The van der Waals surface area contributed by atoms with Gasteiger partial charge in [-0.2, -0.15) is 11.8 Å². The molecule has 1 aromatic carbocycles. The summed E-state index contributed by atoms with van der Waals surface area (Å²) in [7, 11) is 0. The van der Waals surface area contributed by atoms with E-state index < -0.39 is 0 Å². The van der Waals surface area contributed by atoms with Crippen LogP contribution < -0.4 is 5.32 Å². The number of thioether (sulfide) groups is 1. The Hall–Kier alpha value is -1.22. The molecule has 88 valence electrons. The van der Waals surface area contributed by atoms with Crippen LogP contribution in [0.1, 0.15) is 6.42 Å². The van der Waals surface area contributed by atoms with Gasteiger partial charge in [-0.15, -0.1) is 0 Å². The van der Waals surface area contributed by atoms with Crippen LogP contribution in [0.2, 0.25) is 0 Å². The molecular formula is C14H16N2S. The van der Waals surface area contributed by atoms with E-state index in [4.69, 9.17) is 0 Å².